The maximum absolute atomic E-state index is 5.45. The van der Waals surface area contributed by atoms with Crippen molar-refractivity contribution in [3.05, 3.63) is 66.1 Å². The molecule has 1 atom stereocenters. The van der Waals surface area contributed by atoms with Crippen LogP contribution in [-0.4, -0.2) is 28.7 Å². The monoisotopic (exact) mass is 332 g/mol. The van der Waals surface area contributed by atoms with E-state index >= 15 is 0 Å². The van der Waals surface area contributed by atoms with Gasteiger partial charge < -0.3 is 15.0 Å². The van der Waals surface area contributed by atoms with Gasteiger partial charge in [-0.15, -0.1) is 0 Å². The number of aromatic nitrogens is 3. The van der Waals surface area contributed by atoms with Crippen molar-refractivity contribution < 1.29 is 4.74 Å². The van der Waals surface area contributed by atoms with Gasteiger partial charge >= 0.3 is 0 Å². The molecule has 0 bridgehead atoms. The zero-order chi connectivity index (χ0) is 17.2. The molecule has 4 rings (SSSR count). The van der Waals surface area contributed by atoms with Gasteiger partial charge in [-0.1, -0.05) is 18.2 Å². The number of aryl methyl sites for hydroxylation is 1. The van der Waals surface area contributed by atoms with Crippen LogP contribution in [0.5, 0.6) is 0 Å². The molecule has 0 fully saturated rings. The molecule has 25 heavy (non-hydrogen) atoms. The smallest absolute Gasteiger partial charge is 0.138 e. The number of fused-ring (bicyclic) bond motifs is 2. The summed E-state index contributed by atoms with van der Waals surface area (Å²) in [6.45, 7) is 2.63. The Labute approximate surface area is 146 Å². The summed E-state index contributed by atoms with van der Waals surface area (Å²) < 4.78 is 5.45. The summed E-state index contributed by atoms with van der Waals surface area (Å²) in [4.78, 5) is 12.1. The Bertz CT molecular complexity index is 1020. The van der Waals surface area contributed by atoms with Gasteiger partial charge in [0.05, 0.1) is 18.2 Å². The van der Waals surface area contributed by atoms with Gasteiger partial charge in [0.2, 0.25) is 0 Å². The molecule has 0 aliphatic rings. The normalized spacial score (nSPS) is 12.6. The van der Waals surface area contributed by atoms with Crippen LogP contribution in [0.3, 0.4) is 0 Å². The topological polar surface area (TPSA) is 62.8 Å². The molecule has 0 saturated heterocycles. The molecule has 2 N–H and O–H groups in total. The summed E-state index contributed by atoms with van der Waals surface area (Å²) >= 11 is 0. The second-order valence-corrected chi connectivity index (χ2v) is 6.17. The predicted octanol–water partition coefficient (Wildman–Crippen LogP) is 4.22. The van der Waals surface area contributed by atoms with E-state index < -0.39 is 0 Å². The van der Waals surface area contributed by atoms with Gasteiger partial charge in [-0.05, 0) is 47.7 Å². The third-order valence-electron chi connectivity index (χ3n) is 4.50. The Hall–Kier alpha value is -2.92. The number of hydrogen-bond donors (Lipinski definition) is 2. The highest BCUT2D eigenvalue weighted by Gasteiger charge is 2.15. The summed E-state index contributed by atoms with van der Waals surface area (Å²) in [5.74, 6) is 0.833. The van der Waals surface area contributed by atoms with Crippen LogP contribution in [0, 0.1) is 6.92 Å². The Balaban J connectivity index is 1.75. The Kier molecular flexibility index (Phi) is 4.07. The highest BCUT2D eigenvalue weighted by atomic mass is 16.5. The molecule has 5 heteroatoms. The van der Waals surface area contributed by atoms with E-state index in [9.17, 15) is 0 Å². The lowest BCUT2D eigenvalue weighted by molar-refractivity contribution is 0.186. The molecule has 0 aliphatic carbocycles. The number of hydrogen-bond acceptors (Lipinski definition) is 4. The second kappa shape index (κ2) is 6.53. The van der Waals surface area contributed by atoms with Crippen molar-refractivity contribution >= 4 is 27.6 Å². The van der Waals surface area contributed by atoms with Crippen LogP contribution in [0.25, 0.3) is 21.8 Å². The van der Waals surface area contributed by atoms with E-state index in [1.807, 2.05) is 18.3 Å². The summed E-state index contributed by atoms with van der Waals surface area (Å²) in [6.07, 6.45) is 3.55. The summed E-state index contributed by atoms with van der Waals surface area (Å²) in [5.41, 5.74) is 4.38. The summed E-state index contributed by atoms with van der Waals surface area (Å²) in [7, 11) is 1.72. The van der Waals surface area contributed by atoms with Crippen LogP contribution < -0.4 is 5.32 Å². The third kappa shape index (κ3) is 2.94. The molecule has 2 aromatic heterocycles. The Morgan fingerprint density at radius 2 is 2.08 bits per heavy atom. The molecule has 0 spiro atoms. The zero-order valence-corrected chi connectivity index (χ0v) is 14.3. The van der Waals surface area contributed by atoms with E-state index in [2.05, 4.69) is 57.5 Å². The van der Waals surface area contributed by atoms with Crippen molar-refractivity contribution in [2.75, 3.05) is 19.0 Å². The van der Waals surface area contributed by atoms with Crippen LogP contribution in [0.15, 0.2) is 55.0 Å². The lowest BCUT2D eigenvalue weighted by atomic mass is 10.0. The number of H-pyrrole nitrogens is 1. The second-order valence-electron chi connectivity index (χ2n) is 6.17. The van der Waals surface area contributed by atoms with Gasteiger partial charge in [-0.2, -0.15) is 0 Å². The first-order chi connectivity index (χ1) is 12.3. The quantitative estimate of drug-likeness (QED) is 0.574. The van der Waals surface area contributed by atoms with Crippen molar-refractivity contribution in [2.45, 2.75) is 13.0 Å². The largest absolute Gasteiger partial charge is 0.382 e. The first kappa shape index (κ1) is 15.6. The van der Waals surface area contributed by atoms with Crippen LogP contribution in [0.2, 0.25) is 0 Å². The van der Waals surface area contributed by atoms with Gasteiger partial charge in [0.1, 0.15) is 12.1 Å². The van der Waals surface area contributed by atoms with E-state index in [1.165, 1.54) is 5.39 Å². The van der Waals surface area contributed by atoms with Crippen LogP contribution >= 0.6 is 0 Å². The van der Waals surface area contributed by atoms with Gasteiger partial charge in [0.15, 0.2) is 0 Å². The molecule has 5 nitrogen and oxygen atoms in total. The fourth-order valence-corrected chi connectivity index (χ4v) is 3.23. The average molecular weight is 332 g/mol. The maximum atomic E-state index is 5.45. The van der Waals surface area contributed by atoms with Crippen molar-refractivity contribution in [1.29, 1.82) is 0 Å². The molecule has 4 aromatic rings. The first-order valence-corrected chi connectivity index (χ1v) is 8.29. The average Bonchev–Trinajstić information content (AvgIpc) is 3.09. The molecule has 1 unspecified atom stereocenters. The highest BCUT2D eigenvalue weighted by Crippen LogP contribution is 2.28. The van der Waals surface area contributed by atoms with Gasteiger partial charge in [0.25, 0.3) is 0 Å². The number of ether oxygens (including phenoxy) is 1. The highest BCUT2D eigenvalue weighted by molar-refractivity contribution is 5.92. The van der Waals surface area contributed by atoms with Crippen LogP contribution in [0.4, 0.5) is 5.82 Å². The Morgan fingerprint density at radius 3 is 2.96 bits per heavy atom. The molecular weight excluding hydrogens is 312 g/mol. The van der Waals surface area contributed by atoms with E-state index in [-0.39, 0.29) is 6.04 Å². The number of anilines is 1. The molecule has 2 aromatic carbocycles. The lowest BCUT2D eigenvalue weighted by Gasteiger charge is -2.20. The number of aromatic amines is 1. The van der Waals surface area contributed by atoms with E-state index in [1.54, 1.807) is 13.4 Å². The molecule has 0 aliphatic heterocycles. The standard InChI is InChI=1S/C20H20N4O/c1-13-4-3-5-17-19(13)20(23-12-22-17)24-18(11-25-2)14-6-7-16-15(10-14)8-9-21-16/h3-10,12,18,21H,11H2,1-2H3,(H,22,23,24). The number of nitrogens with zero attached hydrogens (tertiary/aromatic N) is 2. The predicted molar refractivity (Wildman–Crippen MR) is 101 cm³/mol. The van der Waals surface area contributed by atoms with E-state index in [0.717, 1.165) is 33.4 Å². The third-order valence-corrected chi connectivity index (χ3v) is 4.50. The van der Waals surface area contributed by atoms with Gasteiger partial charge in [-0.25, -0.2) is 9.97 Å². The zero-order valence-electron chi connectivity index (χ0n) is 14.3. The number of benzene rings is 2. The fourth-order valence-electron chi connectivity index (χ4n) is 3.23. The minimum atomic E-state index is 0.00186. The van der Waals surface area contributed by atoms with Gasteiger partial charge in [-0.3, -0.25) is 0 Å². The fraction of sp³-hybridized carbons (Fsp3) is 0.200. The van der Waals surface area contributed by atoms with Crippen molar-refractivity contribution in [3.8, 4) is 0 Å². The van der Waals surface area contributed by atoms with E-state index in [0.29, 0.717) is 6.61 Å². The minimum absolute atomic E-state index is 0.00186. The molecule has 2 heterocycles. The molecular formula is C20H20N4O. The number of rotatable bonds is 5. The van der Waals surface area contributed by atoms with Crippen molar-refractivity contribution in [1.82, 2.24) is 15.0 Å². The number of methoxy groups -OCH3 is 1. The number of nitrogens with one attached hydrogen (secondary N) is 2. The SMILES string of the molecule is COCC(Nc1ncnc2cccc(C)c12)c1ccc2[nH]ccc2c1. The van der Waals surface area contributed by atoms with Crippen LogP contribution in [-0.2, 0) is 4.74 Å². The molecule has 0 radical (unpaired) electrons. The molecule has 0 amide bonds. The lowest BCUT2D eigenvalue weighted by Crippen LogP contribution is -2.17. The molecule has 126 valence electrons. The van der Waals surface area contributed by atoms with Gasteiger partial charge in [0, 0.05) is 24.2 Å². The minimum Gasteiger partial charge on any atom is -0.382 e. The van der Waals surface area contributed by atoms with Crippen LogP contribution in [0.1, 0.15) is 17.2 Å². The molecule has 0 saturated carbocycles. The summed E-state index contributed by atoms with van der Waals surface area (Å²) in [5, 5.41) is 5.78. The Morgan fingerprint density at radius 1 is 1.16 bits per heavy atom. The van der Waals surface area contributed by atoms with E-state index in [4.69, 9.17) is 4.74 Å². The maximum Gasteiger partial charge on any atom is 0.138 e. The van der Waals surface area contributed by atoms with Crippen molar-refractivity contribution in [2.24, 2.45) is 0 Å². The summed E-state index contributed by atoms with van der Waals surface area (Å²) in [6, 6.07) is 14.6. The van der Waals surface area contributed by atoms with Crippen molar-refractivity contribution in [3.63, 3.8) is 0 Å². The first-order valence-electron chi connectivity index (χ1n) is 8.29.